The highest BCUT2D eigenvalue weighted by atomic mass is 35.5. The first-order valence-electron chi connectivity index (χ1n) is 9.07. The van der Waals surface area contributed by atoms with Gasteiger partial charge in [0.1, 0.15) is 10.8 Å². The summed E-state index contributed by atoms with van der Waals surface area (Å²) in [5, 5.41) is 6.23. The summed E-state index contributed by atoms with van der Waals surface area (Å²) in [6.07, 6.45) is 3.42. The van der Waals surface area contributed by atoms with E-state index in [0.717, 1.165) is 5.56 Å². The number of benzene rings is 1. The Hall–Kier alpha value is -2.88. The maximum atomic E-state index is 13.0. The Kier molecular flexibility index (Phi) is 6.26. The van der Waals surface area contributed by atoms with E-state index >= 15 is 0 Å². The smallest absolute Gasteiger partial charge is 0.262 e. The van der Waals surface area contributed by atoms with Crippen LogP contribution in [0.5, 0.6) is 5.75 Å². The molecule has 3 heterocycles. The van der Waals surface area contributed by atoms with E-state index in [1.807, 2.05) is 17.7 Å². The number of nitrogens with zero attached hydrogens (tertiary/aromatic N) is 3. The zero-order valence-corrected chi connectivity index (χ0v) is 19.2. The highest BCUT2D eigenvalue weighted by molar-refractivity contribution is 7.98. The van der Waals surface area contributed by atoms with Gasteiger partial charge >= 0.3 is 0 Å². The number of aryl methyl sites for hydroxylation is 1. The van der Waals surface area contributed by atoms with Crippen molar-refractivity contribution in [2.24, 2.45) is 0 Å². The number of halogens is 1. The third kappa shape index (κ3) is 4.43. The molecule has 7 nitrogen and oxygen atoms in total. The van der Waals surface area contributed by atoms with Gasteiger partial charge in [-0.05, 0) is 43.5 Å². The molecule has 3 aromatic heterocycles. The number of thioether (sulfide) groups is 1. The number of thiazole rings is 1. The number of anilines is 1. The standard InChI is InChI=1S/C21H17ClN4O3S2/c1-11-17(20(30-3)25-18(23-11)16-5-4-8-29-16)19(27)26-21-24-14(10-31-21)12-6-7-15(28-2)13(22)9-12/h4-10H,1-3H3,(H,24,26,27). The molecule has 0 saturated heterocycles. The van der Waals surface area contributed by atoms with Crippen molar-refractivity contribution in [2.45, 2.75) is 11.9 Å². The lowest BCUT2D eigenvalue weighted by atomic mass is 10.2. The number of carbonyl (C=O) groups excluding carboxylic acids is 1. The number of hydrogen-bond acceptors (Lipinski definition) is 8. The summed E-state index contributed by atoms with van der Waals surface area (Å²) in [4.78, 5) is 26.4. The molecule has 0 saturated carbocycles. The van der Waals surface area contributed by atoms with Crippen LogP contribution in [0, 0.1) is 6.92 Å². The van der Waals surface area contributed by atoms with Crippen molar-refractivity contribution in [1.29, 1.82) is 0 Å². The molecule has 0 fully saturated rings. The molecule has 0 spiro atoms. The van der Waals surface area contributed by atoms with E-state index in [2.05, 4.69) is 20.3 Å². The number of aromatic nitrogens is 3. The first kappa shape index (κ1) is 21.4. The Balaban J connectivity index is 1.58. The van der Waals surface area contributed by atoms with Gasteiger partial charge in [0, 0.05) is 10.9 Å². The van der Waals surface area contributed by atoms with E-state index in [4.69, 9.17) is 20.8 Å². The van der Waals surface area contributed by atoms with Gasteiger partial charge in [0.05, 0.1) is 35.3 Å². The minimum Gasteiger partial charge on any atom is -0.495 e. The fraction of sp³-hybridized carbons (Fsp3) is 0.143. The summed E-state index contributed by atoms with van der Waals surface area (Å²) in [5.41, 5.74) is 2.50. The van der Waals surface area contributed by atoms with Crippen molar-refractivity contribution < 1.29 is 13.9 Å². The molecular weight excluding hydrogens is 456 g/mol. The summed E-state index contributed by atoms with van der Waals surface area (Å²) in [5.74, 6) is 1.26. The number of carbonyl (C=O) groups is 1. The Morgan fingerprint density at radius 2 is 2.10 bits per heavy atom. The van der Waals surface area contributed by atoms with Crippen molar-refractivity contribution in [1.82, 2.24) is 15.0 Å². The minimum absolute atomic E-state index is 0.318. The van der Waals surface area contributed by atoms with E-state index in [0.29, 0.717) is 49.5 Å². The lowest BCUT2D eigenvalue weighted by molar-refractivity contribution is 0.102. The Labute approximate surface area is 191 Å². The van der Waals surface area contributed by atoms with Crippen LogP contribution in [0.1, 0.15) is 16.1 Å². The van der Waals surface area contributed by atoms with Crippen molar-refractivity contribution >= 4 is 45.7 Å². The molecular formula is C21H17ClN4O3S2. The third-order valence-corrected chi connectivity index (χ3v) is 6.13. The number of hydrogen-bond donors (Lipinski definition) is 1. The van der Waals surface area contributed by atoms with Gasteiger partial charge in [0.25, 0.3) is 5.91 Å². The van der Waals surface area contributed by atoms with Crippen molar-refractivity contribution in [3.63, 3.8) is 0 Å². The molecule has 4 rings (SSSR count). The molecule has 0 atom stereocenters. The molecule has 0 aliphatic rings. The lowest BCUT2D eigenvalue weighted by Crippen LogP contribution is -2.16. The quantitative estimate of drug-likeness (QED) is 0.280. The van der Waals surface area contributed by atoms with Gasteiger partial charge < -0.3 is 9.15 Å². The fourth-order valence-corrected chi connectivity index (χ4v) is 4.52. The van der Waals surface area contributed by atoms with Crippen LogP contribution in [0.4, 0.5) is 5.13 Å². The molecule has 4 aromatic rings. The first-order valence-corrected chi connectivity index (χ1v) is 11.6. The Morgan fingerprint density at radius 3 is 2.77 bits per heavy atom. The van der Waals surface area contributed by atoms with Gasteiger partial charge in [0.15, 0.2) is 16.7 Å². The van der Waals surface area contributed by atoms with Crippen molar-refractivity contribution in [3.05, 3.63) is 58.3 Å². The van der Waals surface area contributed by atoms with E-state index in [1.165, 1.54) is 23.1 Å². The Bertz CT molecular complexity index is 1240. The van der Waals surface area contributed by atoms with Crippen molar-refractivity contribution in [3.8, 4) is 28.6 Å². The molecule has 31 heavy (non-hydrogen) atoms. The van der Waals surface area contributed by atoms with Crippen LogP contribution in [0.3, 0.4) is 0 Å². The molecule has 0 radical (unpaired) electrons. The summed E-state index contributed by atoms with van der Waals surface area (Å²) < 4.78 is 10.6. The van der Waals surface area contributed by atoms with Gasteiger partial charge in [-0.25, -0.2) is 15.0 Å². The largest absolute Gasteiger partial charge is 0.495 e. The highest BCUT2D eigenvalue weighted by Gasteiger charge is 2.21. The summed E-state index contributed by atoms with van der Waals surface area (Å²) in [7, 11) is 1.56. The average Bonchev–Trinajstić information content (AvgIpc) is 3.45. The van der Waals surface area contributed by atoms with E-state index in [9.17, 15) is 4.79 Å². The number of methoxy groups -OCH3 is 1. The highest BCUT2D eigenvalue weighted by Crippen LogP contribution is 2.32. The predicted octanol–water partition coefficient (Wildman–Crippen LogP) is 5.80. The van der Waals surface area contributed by atoms with Gasteiger partial charge in [0.2, 0.25) is 0 Å². The number of nitrogens with one attached hydrogen (secondary N) is 1. The second-order valence-electron chi connectivity index (χ2n) is 6.34. The molecule has 0 aliphatic heterocycles. The third-order valence-electron chi connectivity index (χ3n) is 4.39. The zero-order valence-electron chi connectivity index (χ0n) is 16.8. The average molecular weight is 473 g/mol. The summed E-state index contributed by atoms with van der Waals surface area (Å²) in [6, 6.07) is 8.96. The maximum absolute atomic E-state index is 13.0. The SMILES string of the molecule is COc1ccc(-c2csc(NC(=O)c3c(C)nc(-c4ccco4)nc3SC)n2)cc1Cl. The second kappa shape index (κ2) is 9.09. The van der Waals surface area contributed by atoms with Crippen molar-refractivity contribution in [2.75, 3.05) is 18.7 Å². The number of furan rings is 1. The van der Waals surface area contributed by atoms with Crippen LogP contribution in [-0.2, 0) is 0 Å². The van der Waals surface area contributed by atoms with Crippen LogP contribution in [0.2, 0.25) is 5.02 Å². The normalized spacial score (nSPS) is 10.8. The molecule has 1 amide bonds. The second-order valence-corrected chi connectivity index (χ2v) is 8.40. The molecule has 1 aromatic carbocycles. The topological polar surface area (TPSA) is 90.1 Å². The first-order chi connectivity index (χ1) is 15.0. The van der Waals surface area contributed by atoms with E-state index in [1.54, 1.807) is 44.6 Å². The van der Waals surface area contributed by atoms with Crippen LogP contribution in [0.25, 0.3) is 22.8 Å². The number of ether oxygens (including phenoxy) is 1. The monoisotopic (exact) mass is 472 g/mol. The maximum Gasteiger partial charge on any atom is 0.262 e. The van der Waals surface area contributed by atoms with Crippen LogP contribution >= 0.6 is 34.7 Å². The molecule has 0 bridgehead atoms. The van der Waals surface area contributed by atoms with Crippen LogP contribution < -0.4 is 10.1 Å². The van der Waals surface area contributed by atoms with Gasteiger partial charge in [-0.3, -0.25) is 10.1 Å². The van der Waals surface area contributed by atoms with Crippen LogP contribution in [-0.4, -0.2) is 34.2 Å². The number of amides is 1. The molecule has 0 unspecified atom stereocenters. The minimum atomic E-state index is -0.318. The van der Waals surface area contributed by atoms with E-state index < -0.39 is 0 Å². The molecule has 158 valence electrons. The molecule has 0 aliphatic carbocycles. The van der Waals surface area contributed by atoms with Gasteiger partial charge in [-0.15, -0.1) is 23.1 Å². The molecule has 1 N–H and O–H groups in total. The predicted molar refractivity (Wildman–Crippen MR) is 123 cm³/mol. The number of rotatable bonds is 6. The van der Waals surface area contributed by atoms with E-state index in [-0.39, 0.29) is 5.91 Å². The Morgan fingerprint density at radius 1 is 1.26 bits per heavy atom. The summed E-state index contributed by atoms with van der Waals surface area (Å²) in [6.45, 7) is 1.77. The zero-order chi connectivity index (χ0) is 22.0. The lowest BCUT2D eigenvalue weighted by Gasteiger charge is -2.10. The van der Waals surface area contributed by atoms with Gasteiger partial charge in [-0.2, -0.15) is 0 Å². The van der Waals surface area contributed by atoms with Gasteiger partial charge in [-0.1, -0.05) is 11.6 Å². The van der Waals surface area contributed by atoms with Crippen LogP contribution in [0.15, 0.2) is 51.4 Å². The summed E-state index contributed by atoms with van der Waals surface area (Å²) >= 11 is 8.90. The fourth-order valence-electron chi connectivity index (χ4n) is 2.92. The molecule has 10 heteroatoms.